The third-order valence-electron chi connectivity index (χ3n) is 5.29. The van der Waals surface area contributed by atoms with Gasteiger partial charge in [-0.2, -0.15) is 16.8 Å². The maximum absolute atomic E-state index is 12.7. The largest absolute Gasteiger partial charge is 0.362 e. The van der Waals surface area contributed by atoms with Crippen molar-refractivity contribution >= 4 is 31.6 Å². The van der Waals surface area contributed by atoms with Crippen LogP contribution in [0.15, 0.2) is 79.6 Å². The van der Waals surface area contributed by atoms with Crippen molar-refractivity contribution in [3.63, 3.8) is 0 Å². The first-order valence-electron chi connectivity index (χ1n) is 10.4. The Kier molecular flexibility index (Phi) is 6.52. The van der Waals surface area contributed by atoms with Gasteiger partial charge in [-0.1, -0.05) is 41.9 Å². The van der Waals surface area contributed by atoms with Gasteiger partial charge < -0.3 is 9.42 Å². The predicted molar refractivity (Wildman–Crippen MR) is 125 cm³/mol. The Balaban J connectivity index is 1.51. The van der Waals surface area contributed by atoms with Crippen LogP contribution in [0.4, 0.5) is 5.69 Å². The number of benzene rings is 2. The number of nitrogens with one attached hydrogen (secondary N) is 1. The molecule has 1 aromatic heterocycles. The molecule has 11 heteroatoms. The molecule has 9 nitrogen and oxygen atoms in total. The fourth-order valence-corrected chi connectivity index (χ4v) is 5.51. The highest BCUT2D eigenvalue weighted by Gasteiger charge is 2.22. The molecule has 0 spiro atoms. The van der Waals surface area contributed by atoms with E-state index in [4.69, 9.17) is 4.52 Å². The van der Waals surface area contributed by atoms with Crippen molar-refractivity contribution in [3.8, 4) is 11.3 Å². The topological polar surface area (TPSA) is 122 Å². The van der Waals surface area contributed by atoms with E-state index in [1.807, 2.05) is 30.1 Å². The van der Waals surface area contributed by atoms with Crippen LogP contribution in [0.1, 0.15) is 25.7 Å². The van der Waals surface area contributed by atoms with Gasteiger partial charge in [0.1, 0.15) is 11.5 Å². The van der Waals surface area contributed by atoms with Crippen molar-refractivity contribution in [1.82, 2.24) is 10.1 Å². The van der Waals surface area contributed by atoms with E-state index in [0.717, 1.165) is 31.4 Å². The van der Waals surface area contributed by atoms with Crippen LogP contribution in [-0.2, 0) is 20.0 Å². The van der Waals surface area contributed by atoms with Gasteiger partial charge in [-0.15, -0.1) is 4.40 Å². The number of anilines is 1. The molecule has 2 aromatic carbocycles. The zero-order valence-corrected chi connectivity index (χ0v) is 19.6. The molecule has 1 aliphatic heterocycles. The molecule has 1 fully saturated rings. The number of rotatable bonds is 6. The van der Waals surface area contributed by atoms with Gasteiger partial charge >= 0.3 is 0 Å². The summed E-state index contributed by atoms with van der Waals surface area (Å²) in [5.74, 6) is 0.539. The molecule has 4 rings (SSSR count). The highest BCUT2D eigenvalue weighted by atomic mass is 32.2. The van der Waals surface area contributed by atoms with E-state index in [1.165, 1.54) is 30.3 Å². The number of likely N-dealkylation sites (tertiary alicyclic amines) is 1. The number of hydrogen-bond acceptors (Lipinski definition) is 6. The molecule has 0 atom stereocenters. The SMILES string of the molecule is CN1CCCCC/C1=N/S(=O)(=O)c1ccc(NS(=O)(=O)c2cc(-c3ccccc3)no2)cc1. The summed E-state index contributed by atoms with van der Waals surface area (Å²) in [6, 6.07) is 15.8. The second kappa shape index (κ2) is 9.36. The van der Waals surface area contributed by atoms with Crippen LogP contribution in [0.3, 0.4) is 0 Å². The molecule has 1 saturated heterocycles. The minimum atomic E-state index is -4.05. The minimum absolute atomic E-state index is 0.0124. The van der Waals surface area contributed by atoms with Crippen molar-refractivity contribution in [2.45, 2.75) is 35.7 Å². The number of aromatic nitrogens is 1. The Bertz CT molecular complexity index is 1350. The van der Waals surface area contributed by atoms with Gasteiger partial charge in [0.15, 0.2) is 0 Å². The average molecular weight is 489 g/mol. The fourth-order valence-electron chi connectivity index (χ4n) is 3.47. The Morgan fingerprint density at radius 3 is 2.42 bits per heavy atom. The summed E-state index contributed by atoms with van der Waals surface area (Å²) < 4.78 is 62.2. The van der Waals surface area contributed by atoms with Gasteiger partial charge in [-0.25, -0.2) is 0 Å². The number of nitrogens with zero attached hydrogens (tertiary/aromatic N) is 3. The third-order valence-corrected chi connectivity index (χ3v) is 7.83. The Labute approximate surface area is 193 Å². The molecule has 2 heterocycles. The quantitative estimate of drug-likeness (QED) is 0.561. The molecule has 0 radical (unpaired) electrons. The van der Waals surface area contributed by atoms with Gasteiger partial charge in [0, 0.05) is 37.3 Å². The summed E-state index contributed by atoms with van der Waals surface area (Å²) in [7, 11) is -6.12. The van der Waals surface area contributed by atoms with E-state index in [2.05, 4.69) is 14.3 Å². The molecule has 1 aliphatic rings. The molecular weight excluding hydrogens is 464 g/mol. The van der Waals surface area contributed by atoms with E-state index in [-0.39, 0.29) is 15.7 Å². The Morgan fingerprint density at radius 1 is 0.970 bits per heavy atom. The van der Waals surface area contributed by atoms with Crippen LogP contribution >= 0.6 is 0 Å². The monoisotopic (exact) mass is 488 g/mol. The maximum atomic E-state index is 12.7. The van der Waals surface area contributed by atoms with Gasteiger partial charge in [0.05, 0.1) is 4.90 Å². The van der Waals surface area contributed by atoms with E-state index < -0.39 is 20.0 Å². The molecule has 1 N–H and O–H groups in total. The zero-order chi connectivity index (χ0) is 23.5. The lowest BCUT2D eigenvalue weighted by Gasteiger charge is -2.17. The van der Waals surface area contributed by atoms with E-state index in [9.17, 15) is 16.8 Å². The summed E-state index contributed by atoms with van der Waals surface area (Å²) >= 11 is 0. The molecule has 0 aliphatic carbocycles. The average Bonchev–Trinajstić information content (AvgIpc) is 3.22. The second-order valence-corrected chi connectivity index (χ2v) is 11.0. The zero-order valence-electron chi connectivity index (χ0n) is 18.0. The van der Waals surface area contributed by atoms with E-state index >= 15 is 0 Å². The molecule has 0 bridgehead atoms. The molecule has 0 unspecified atom stereocenters. The van der Waals surface area contributed by atoms with Crippen LogP contribution in [0.2, 0.25) is 0 Å². The Hall–Kier alpha value is -3.18. The predicted octanol–water partition coefficient (Wildman–Crippen LogP) is 3.74. The lowest BCUT2D eigenvalue weighted by Crippen LogP contribution is -2.26. The van der Waals surface area contributed by atoms with Gasteiger partial charge in [0.2, 0.25) is 0 Å². The molecule has 3 aromatic rings. The van der Waals surface area contributed by atoms with Crippen LogP contribution in [0.25, 0.3) is 11.3 Å². The molecule has 0 amide bonds. The van der Waals surface area contributed by atoms with Gasteiger partial charge in [-0.3, -0.25) is 4.72 Å². The van der Waals surface area contributed by atoms with Crippen molar-refractivity contribution in [2.75, 3.05) is 18.3 Å². The van der Waals surface area contributed by atoms with Crippen molar-refractivity contribution < 1.29 is 21.4 Å². The van der Waals surface area contributed by atoms with Crippen LogP contribution in [-0.4, -0.2) is 46.3 Å². The van der Waals surface area contributed by atoms with Crippen molar-refractivity contribution in [1.29, 1.82) is 0 Å². The van der Waals surface area contributed by atoms with Crippen molar-refractivity contribution in [3.05, 3.63) is 60.7 Å². The van der Waals surface area contributed by atoms with Crippen LogP contribution < -0.4 is 4.72 Å². The summed E-state index contributed by atoms with van der Waals surface area (Å²) in [6.45, 7) is 0.767. The van der Waals surface area contributed by atoms with Crippen LogP contribution in [0.5, 0.6) is 0 Å². The van der Waals surface area contributed by atoms with Crippen molar-refractivity contribution in [2.24, 2.45) is 4.40 Å². The molecular formula is C22H24N4O5S2. The summed E-state index contributed by atoms with van der Waals surface area (Å²) in [6.07, 6.45) is 3.54. The normalized spacial score (nSPS) is 16.5. The lowest BCUT2D eigenvalue weighted by molar-refractivity contribution is 0.341. The maximum Gasteiger partial charge on any atom is 0.298 e. The standard InChI is InChI=1S/C22H24N4O5S2/c1-26-15-7-3-6-10-21(26)25-32(27,28)19-13-11-18(12-14-19)24-33(29,30)22-16-20(23-31-22)17-8-4-2-5-9-17/h2,4-5,8-9,11-14,16,24H,3,6-7,10,15H2,1H3/b25-21-. The Morgan fingerprint density at radius 2 is 1.70 bits per heavy atom. The number of amidine groups is 1. The smallest absolute Gasteiger partial charge is 0.298 e. The summed E-state index contributed by atoms with van der Waals surface area (Å²) in [5, 5.41) is 3.47. The first kappa shape index (κ1) is 23.0. The lowest BCUT2D eigenvalue weighted by atomic mass is 10.2. The van der Waals surface area contributed by atoms with Gasteiger partial charge in [-0.05, 0) is 37.1 Å². The van der Waals surface area contributed by atoms with E-state index in [0.29, 0.717) is 18.0 Å². The molecule has 0 saturated carbocycles. The summed E-state index contributed by atoms with van der Waals surface area (Å²) in [5.41, 5.74) is 1.30. The van der Waals surface area contributed by atoms with Gasteiger partial charge in [0.25, 0.3) is 25.1 Å². The first-order valence-corrected chi connectivity index (χ1v) is 13.4. The number of hydrogen-bond donors (Lipinski definition) is 1. The molecule has 174 valence electrons. The highest BCUT2D eigenvalue weighted by molar-refractivity contribution is 7.92. The minimum Gasteiger partial charge on any atom is -0.362 e. The second-order valence-electron chi connectivity index (χ2n) is 7.74. The fraction of sp³-hybridized carbons (Fsp3) is 0.273. The summed E-state index contributed by atoms with van der Waals surface area (Å²) in [4.78, 5) is 1.86. The first-order chi connectivity index (χ1) is 15.7. The highest BCUT2D eigenvalue weighted by Crippen LogP contribution is 2.24. The van der Waals surface area contributed by atoms with Crippen LogP contribution in [0, 0.1) is 0 Å². The van der Waals surface area contributed by atoms with E-state index in [1.54, 1.807) is 12.1 Å². The number of sulfonamides is 2. The third kappa shape index (κ3) is 5.42. The molecule has 33 heavy (non-hydrogen) atoms.